The van der Waals surface area contributed by atoms with E-state index in [4.69, 9.17) is 9.29 Å². The molecule has 7 heteroatoms. The van der Waals surface area contributed by atoms with Gasteiger partial charge in [0, 0.05) is 11.8 Å². The van der Waals surface area contributed by atoms with Crippen LogP contribution in [-0.4, -0.2) is 29.9 Å². The lowest BCUT2D eigenvalue weighted by atomic mass is 10.1. The summed E-state index contributed by atoms with van der Waals surface area (Å²) in [4.78, 5) is 8.57. The summed E-state index contributed by atoms with van der Waals surface area (Å²) in [6, 6.07) is 11.4. The van der Waals surface area contributed by atoms with E-state index in [9.17, 15) is 4.21 Å². The van der Waals surface area contributed by atoms with Gasteiger partial charge in [-0.25, -0.2) is 14.2 Å². The van der Waals surface area contributed by atoms with Gasteiger partial charge < -0.3 is 9.29 Å². The van der Waals surface area contributed by atoms with Crippen molar-refractivity contribution < 1.29 is 13.5 Å². The maximum Gasteiger partial charge on any atom is 0.157 e. The molecule has 0 fully saturated rings. The van der Waals surface area contributed by atoms with Gasteiger partial charge in [-0.1, -0.05) is 6.07 Å². The molecule has 0 spiro atoms. The molecule has 0 aliphatic heterocycles. The van der Waals surface area contributed by atoms with Gasteiger partial charge >= 0.3 is 0 Å². The van der Waals surface area contributed by atoms with Crippen LogP contribution in [0.15, 0.2) is 55.1 Å². The van der Waals surface area contributed by atoms with Crippen LogP contribution in [0.2, 0.25) is 0 Å². The summed E-state index contributed by atoms with van der Waals surface area (Å²) in [6.45, 7) is 2.58. The van der Waals surface area contributed by atoms with E-state index in [0.717, 1.165) is 17.0 Å². The van der Waals surface area contributed by atoms with Crippen molar-refractivity contribution in [3.8, 4) is 22.8 Å². The minimum atomic E-state index is -1.87. The SMILES string of the molecule is CCOc1ccc(-c2cncn2-c2ccc(CS(=O)O)cn2)cc1. The molecule has 0 saturated heterocycles. The number of benzene rings is 1. The predicted octanol–water partition coefficient (Wildman–Crippen LogP) is 3.05. The predicted molar refractivity (Wildman–Crippen MR) is 92.4 cm³/mol. The standard InChI is InChI=1S/C17H17N3O3S/c1-2-23-15-6-4-14(5-7-15)16-10-18-12-20(16)17-8-3-13(9-19-17)11-24(21)22/h3-10,12H,2,11H2,1H3,(H,21,22). The van der Waals surface area contributed by atoms with Gasteiger partial charge in [-0.05, 0) is 42.8 Å². The largest absolute Gasteiger partial charge is 0.494 e. The third-order valence-corrected chi connectivity index (χ3v) is 4.03. The molecule has 0 bridgehead atoms. The summed E-state index contributed by atoms with van der Waals surface area (Å²) in [7, 11) is 0. The first kappa shape index (κ1) is 16.4. The van der Waals surface area contributed by atoms with E-state index < -0.39 is 11.1 Å². The van der Waals surface area contributed by atoms with Crippen molar-refractivity contribution in [1.29, 1.82) is 0 Å². The Morgan fingerprint density at radius 1 is 1.17 bits per heavy atom. The van der Waals surface area contributed by atoms with Gasteiger partial charge in [0.1, 0.15) is 17.9 Å². The summed E-state index contributed by atoms with van der Waals surface area (Å²) >= 11 is -1.87. The van der Waals surface area contributed by atoms with E-state index in [2.05, 4.69) is 9.97 Å². The van der Waals surface area contributed by atoms with Crippen LogP contribution in [0.25, 0.3) is 17.1 Å². The Bertz CT molecular complexity index is 829. The highest BCUT2D eigenvalue weighted by Gasteiger charge is 2.09. The van der Waals surface area contributed by atoms with Gasteiger partial charge in [0.2, 0.25) is 0 Å². The van der Waals surface area contributed by atoms with Gasteiger partial charge in [0.25, 0.3) is 0 Å². The Morgan fingerprint density at radius 2 is 1.96 bits per heavy atom. The van der Waals surface area contributed by atoms with Crippen LogP contribution in [0.5, 0.6) is 5.75 Å². The smallest absolute Gasteiger partial charge is 0.157 e. The topological polar surface area (TPSA) is 77.2 Å². The fraction of sp³-hybridized carbons (Fsp3) is 0.176. The quantitative estimate of drug-likeness (QED) is 0.696. The normalized spacial score (nSPS) is 12.1. The second-order valence-electron chi connectivity index (χ2n) is 5.10. The number of aromatic nitrogens is 3. The molecule has 24 heavy (non-hydrogen) atoms. The number of rotatable bonds is 6. The molecule has 0 amide bonds. The minimum Gasteiger partial charge on any atom is -0.494 e. The Balaban J connectivity index is 1.88. The van der Waals surface area contributed by atoms with Crippen molar-refractivity contribution in [2.24, 2.45) is 0 Å². The van der Waals surface area contributed by atoms with Crippen LogP contribution in [0, 0.1) is 0 Å². The Hall–Kier alpha value is -2.51. The minimum absolute atomic E-state index is 0.0724. The molecule has 2 heterocycles. The molecule has 3 rings (SSSR count). The highest BCUT2D eigenvalue weighted by atomic mass is 32.2. The van der Waals surface area contributed by atoms with Crippen molar-refractivity contribution in [3.63, 3.8) is 0 Å². The zero-order valence-corrected chi connectivity index (χ0v) is 13.9. The average Bonchev–Trinajstić information content (AvgIpc) is 3.06. The van der Waals surface area contributed by atoms with E-state index in [-0.39, 0.29) is 5.75 Å². The molecule has 0 aliphatic rings. The zero-order valence-electron chi connectivity index (χ0n) is 13.1. The third kappa shape index (κ3) is 3.69. The molecule has 1 N–H and O–H groups in total. The number of pyridine rings is 1. The van der Waals surface area contributed by atoms with Crippen LogP contribution in [-0.2, 0) is 16.8 Å². The molecule has 2 aromatic heterocycles. The van der Waals surface area contributed by atoms with Gasteiger partial charge in [-0.2, -0.15) is 0 Å². The van der Waals surface area contributed by atoms with E-state index in [0.29, 0.717) is 18.0 Å². The summed E-state index contributed by atoms with van der Waals surface area (Å²) in [6.07, 6.45) is 5.07. The summed E-state index contributed by atoms with van der Waals surface area (Å²) in [5.41, 5.74) is 2.62. The highest BCUT2D eigenvalue weighted by Crippen LogP contribution is 2.24. The fourth-order valence-electron chi connectivity index (χ4n) is 2.37. The van der Waals surface area contributed by atoms with Crippen molar-refractivity contribution >= 4 is 11.1 Å². The summed E-state index contributed by atoms with van der Waals surface area (Å²) in [5.74, 6) is 1.60. The maximum absolute atomic E-state index is 10.9. The molecular weight excluding hydrogens is 326 g/mol. The monoisotopic (exact) mass is 343 g/mol. The Kier molecular flexibility index (Phi) is 5.02. The lowest BCUT2D eigenvalue weighted by Crippen LogP contribution is -2.00. The number of nitrogens with zero attached hydrogens (tertiary/aromatic N) is 3. The molecule has 0 saturated carbocycles. The molecule has 6 nitrogen and oxygen atoms in total. The van der Waals surface area contributed by atoms with Crippen LogP contribution < -0.4 is 4.74 Å². The molecule has 0 radical (unpaired) electrons. The average molecular weight is 343 g/mol. The molecule has 1 unspecified atom stereocenters. The molecular formula is C17H17N3O3S. The van der Waals surface area contributed by atoms with Crippen LogP contribution in [0.4, 0.5) is 0 Å². The molecule has 1 atom stereocenters. The van der Waals surface area contributed by atoms with Crippen LogP contribution >= 0.6 is 0 Å². The summed E-state index contributed by atoms with van der Waals surface area (Å²) < 4.78 is 27.1. The second-order valence-corrected chi connectivity index (χ2v) is 6.03. The second kappa shape index (κ2) is 7.37. The van der Waals surface area contributed by atoms with Crippen LogP contribution in [0.3, 0.4) is 0 Å². The zero-order chi connectivity index (χ0) is 16.9. The van der Waals surface area contributed by atoms with Gasteiger partial charge in [-0.3, -0.25) is 4.57 Å². The van der Waals surface area contributed by atoms with E-state index in [1.807, 2.05) is 41.8 Å². The number of ether oxygens (including phenoxy) is 1. The molecule has 0 aliphatic carbocycles. The number of hydrogen-bond donors (Lipinski definition) is 1. The third-order valence-electron chi connectivity index (χ3n) is 3.45. The first-order valence-corrected chi connectivity index (χ1v) is 8.73. The number of imidazole rings is 1. The van der Waals surface area contributed by atoms with Crippen LogP contribution in [0.1, 0.15) is 12.5 Å². The maximum atomic E-state index is 10.9. The van der Waals surface area contributed by atoms with Crippen molar-refractivity contribution in [2.45, 2.75) is 12.7 Å². The Labute approximate surface area is 142 Å². The van der Waals surface area contributed by atoms with Gasteiger partial charge in [0.15, 0.2) is 11.1 Å². The number of hydrogen-bond acceptors (Lipinski definition) is 4. The molecule has 3 aromatic rings. The van der Waals surface area contributed by atoms with Gasteiger partial charge in [0.05, 0.1) is 24.3 Å². The lowest BCUT2D eigenvalue weighted by Gasteiger charge is -2.09. The van der Waals surface area contributed by atoms with E-state index in [1.54, 1.807) is 24.8 Å². The first-order chi connectivity index (χ1) is 11.7. The fourth-order valence-corrected chi connectivity index (χ4v) is 2.82. The first-order valence-electron chi connectivity index (χ1n) is 7.45. The highest BCUT2D eigenvalue weighted by molar-refractivity contribution is 7.78. The lowest BCUT2D eigenvalue weighted by molar-refractivity contribution is 0.340. The van der Waals surface area contributed by atoms with Crippen molar-refractivity contribution in [3.05, 3.63) is 60.7 Å². The molecule has 124 valence electrons. The summed E-state index contributed by atoms with van der Waals surface area (Å²) in [5, 5.41) is 0. The van der Waals surface area contributed by atoms with E-state index >= 15 is 0 Å². The van der Waals surface area contributed by atoms with E-state index in [1.165, 1.54) is 0 Å². The van der Waals surface area contributed by atoms with Crippen molar-refractivity contribution in [1.82, 2.24) is 14.5 Å². The van der Waals surface area contributed by atoms with Gasteiger partial charge in [-0.15, -0.1) is 0 Å². The Morgan fingerprint density at radius 3 is 2.58 bits per heavy atom. The van der Waals surface area contributed by atoms with Crippen molar-refractivity contribution in [2.75, 3.05) is 6.61 Å². The molecule has 1 aromatic carbocycles.